The molecule has 18 heavy (non-hydrogen) atoms. The number of aromatic nitrogens is 2. The molecule has 0 aliphatic carbocycles. The molecule has 1 aromatic carbocycles. The third-order valence-corrected chi connectivity index (χ3v) is 2.94. The second-order valence-electron chi connectivity index (χ2n) is 3.97. The van der Waals surface area contributed by atoms with Gasteiger partial charge in [-0.25, -0.2) is 0 Å². The number of hydrogen-bond acceptors (Lipinski definition) is 2. The van der Waals surface area contributed by atoms with Crippen LogP contribution in [0.3, 0.4) is 0 Å². The van der Waals surface area contributed by atoms with E-state index < -0.39 is 5.78 Å². The summed E-state index contributed by atoms with van der Waals surface area (Å²) in [4.78, 5) is 25.3. The lowest BCUT2D eigenvalue weighted by atomic mass is 10.2. The maximum Gasteiger partial charge on any atom is 0.242 e. The van der Waals surface area contributed by atoms with Crippen molar-refractivity contribution in [1.82, 2.24) is 9.55 Å². The molecule has 3 rings (SSSR count). The molecular weight excluding hydrogens is 228 g/mol. The molecule has 0 aliphatic heterocycles. The molecule has 2 aromatic heterocycles. The van der Waals surface area contributed by atoms with Gasteiger partial charge in [-0.2, -0.15) is 0 Å². The van der Waals surface area contributed by atoms with E-state index in [-0.39, 0.29) is 0 Å². The Bertz CT molecular complexity index is 737. The van der Waals surface area contributed by atoms with Crippen LogP contribution < -0.4 is 0 Å². The van der Waals surface area contributed by atoms with Gasteiger partial charge in [-0.15, -0.1) is 0 Å². The smallest absolute Gasteiger partial charge is 0.242 e. The van der Waals surface area contributed by atoms with E-state index in [1.807, 2.05) is 30.5 Å². The quantitative estimate of drug-likeness (QED) is 0.432. The highest BCUT2D eigenvalue weighted by Gasteiger charge is 2.13. The van der Waals surface area contributed by atoms with Crippen LogP contribution in [0.5, 0.6) is 0 Å². The predicted molar refractivity (Wildman–Crippen MR) is 68.0 cm³/mol. The molecule has 0 bridgehead atoms. The van der Waals surface area contributed by atoms with Crippen LogP contribution >= 0.6 is 0 Å². The Hall–Kier alpha value is -2.62. The zero-order valence-electron chi connectivity index (χ0n) is 9.46. The largest absolute Gasteiger partial charge is 0.359 e. The molecule has 1 N–H and O–H groups in total. The van der Waals surface area contributed by atoms with Crippen molar-refractivity contribution in [2.75, 3.05) is 0 Å². The van der Waals surface area contributed by atoms with Crippen molar-refractivity contribution in [2.45, 2.75) is 0 Å². The number of aromatic amines is 1. The molecule has 3 aromatic rings. The number of carbonyl (C=O) groups excluding carboxylic acids is 2. The molecule has 0 atom stereocenters. The van der Waals surface area contributed by atoms with Crippen molar-refractivity contribution < 1.29 is 9.59 Å². The zero-order valence-corrected chi connectivity index (χ0v) is 9.46. The Morgan fingerprint density at radius 1 is 1.17 bits per heavy atom. The lowest BCUT2D eigenvalue weighted by Crippen LogP contribution is -2.07. The monoisotopic (exact) mass is 238 g/mol. The normalized spacial score (nSPS) is 10.7. The number of ketones is 1. The third kappa shape index (κ3) is 1.47. The summed E-state index contributed by atoms with van der Waals surface area (Å²) in [6.45, 7) is 0. The van der Waals surface area contributed by atoms with Gasteiger partial charge in [0.25, 0.3) is 0 Å². The first kappa shape index (κ1) is 10.5. The zero-order chi connectivity index (χ0) is 12.5. The van der Waals surface area contributed by atoms with Crippen molar-refractivity contribution >= 4 is 23.0 Å². The Kier molecular flexibility index (Phi) is 2.34. The summed E-state index contributed by atoms with van der Waals surface area (Å²) in [5, 5.41) is 1.01. The van der Waals surface area contributed by atoms with Crippen molar-refractivity contribution in [3.05, 3.63) is 54.5 Å². The molecule has 0 fully saturated rings. The van der Waals surface area contributed by atoms with Crippen LogP contribution in [0.2, 0.25) is 0 Å². The standard InChI is InChI=1S/C14H10N2O2/c17-9-14(18)12-6-3-7-16(12)13-8-15-11-5-2-1-4-10(11)13/h1-9,15H. The number of nitrogens with one attached hydrogen (secondary N) is 1. The van der Waals surface area contributed by atoms with Gasteiger partial charge < -0.3 is 9.55 Å². The van der Waals surface area contributed by atoms with Gasteiger partial charge in [0.1, 0.15) is 0 Å². The Morgan fingerprint density at radius 3 is 2.83 bits per heavy atom. The Morgan fingerprint density at radius 2 is 2.00 bits per heavy atom. The second-order valence-corrected chi connectivity index (χ2v) is 3.97. The highest BCUT2D eigenvalue weighted by Crippen LogP contribution is 2.23. The van der Waals surface area contributed by atoms with Crippen molar-refractivity contribution in [1.29, 1.82) is 0 Å². The Labute approximate surface area is 103 Å². The fourth-order valence-electron chi connectivity index (χ4n) is 2.11. The molecule has 4 nitrogen and oxygen atoms in total. The first-order valence-electron chi connectivity index (χ1n) is 5.54. The number of hydrogen-bond donors (Lipinski definition) is 1. The molecule has 0 radical (unpaired) electrons. The van der Waals surface area contributed by atoms with E-state index in [9.17, 15) is 9.59 Å². The number of fused-ring (bicyclic) bond motifs is 1. The van der Waals surface area contributed by atoms with Crippen molar-refractivity contribution in [3.8, 4) is 5.69 Å². The number of para-hydroxylation sites is 1. The molecule has 88 valence electrons. The second kappa shape index (κ2) is 4.00. The van der Waals surface area contributed by atoms with E-state index in [0.29, 0.717) is 12.0 Å². The number of H-pyrrole nitrogens is 1. The van der Waals surface area contributed by atoms with Crippen LogP contribution in [-0.4, -0.2) is 21.6 Å². The van der Waals surface area contributed by atoms with Gasteiger partial charge in [0, 0.05) is 23.3 Å². The molecule has 0 aliphatic rings. The van der Waals surface area contributed by atoms with Crippen LogP contribution in [0.1, 0.15) is 10.5 Å². The van der Waals surface area contributed by atoms with Crippen LogP contribution in [0, 0.1) is 0 Å². The summed E-state index contributed by atoms with van der Waals surface area (Å²) < 4.78 is 1.72. The lowest BCUT2D eigenvalue weighted by Gasteiger charge is -2.04. The molecule has 2 heterocycles. The van der Waals surface area contributed by atoms with Gasteiger partial charge in [0.15, 0.2) is 6.29 Å². The minimum Gasteiger partial charge on any atom is -0.359 e. The topological polar surface area (TPSA) is 54.9 Å². The number of aldehydes is 1. The van der Waals surface area contributed by atoms with E-state index in [1.54, 1.807) is 22.9 Å². The molecule has 0 amide bonds. The summed E-state index contributed by atoms with van der Waals surface area (Å²) in [6.07, 6.45) is 3.93. The fourth-order valence-corrected chi connectivity index (χ4v) is 2.11. The molecule has 0 saturated heterocycles. The molecule has 0 unspecified atom stereocenters. The summed E-state index contributed by atoms with van der Waals surface area (Å²) in [5.74, 6) is -0.523. The number of Topliss-reactive ketones (excluding diaryl/α,β-unsaturated/α-hetero) is 1. The summed E-state index contributed by atoms with van der Waals surface area (Å²) in [6, 6.07) is 11.2. The average Bonchev–Trinajstić information content (AvgIpc) is 3.03. The molecule has 0 spiro atoms. The van der Waals surface area contributed by atoms with E-state index in [1.165, 1.54) is 0 Å². The summed E-state index contributed by atoms with van der Waals surface area (Å²) in [7, 11) is 0. The minimum absolute atomic E-state index is 0.334. The SMILES string of the molecule is O=CC(=O)c1cccn1-c1c[nH]c2ccccc12. The van der Waals surface area contributed by atoms with Crippen LogP contribution in [0.15, 0.2) is 48.8 Å². The van der Waals surface area contributed by atoms with Gasteiger partial charge in [0.2, 0.25) is 5.78 Å². The van der Waals surface area contributed by atoms with E-state index in [4.69, 9.17) is 0 Å². The minimum atomic E-state index is -0.523. The number of nitrogens with zero attached hydrogens (tertiary/aromatic N) is 1. The molecule has 4 heteroatoms. The maximum absolute atomic E-state index is 11.5. The summed E-state index contributed by atoms with van der Waals surface area (Å²) >= 11 is 0. The molecular formula is C14H10N2O2. The highest BCUT2D eigenvalue weighted by molar-refractivity contribution is 6.32. The van der Waals surface area contributed by atoms with E-state index in [0.717, 1.165) is 16.6 Å². The number of rotatable bonds is 3. The van der Waals surface area contributed by atoms with Crippen LogP contribution in [-0.2, 0) is 4.79 Å². The van der Waals surface area contributed by atoms with Crippen molar-refractivity contribution in [3.63, 3.8) is 0 Å². The fraction of sp³-hybridized carbons (Fsp3) is 0. The number of carbonyl (C=O) groups is 2. The van der Waals surface area contributed by atoms with Crippen LogP contribution in [0.25, 0.3) is 16.6 Å². The van der Waals surface area contributed by atoms with Gasteiger partial charge in [-0.1, -0.05) is 18.2 Å². The van der Waals surface area contributed by atoms with Gasteiger partial charge >= 0.3 is 0 Å². The predicted octanol–water partition coefficient (Wildman–Crippen LogP) is 2.34. The lowest BCUT2D eigenvalue weighted by molar-refractivity contribution is -0.104. The van der Waals surface area contributed by atoms with Crippen molar-refractivity contribution in [2.24, 2.45) is 0 Å². The van der Waals surface area contributed by atoms with Gasteiger partial charge in [-0.05, 0) is 18.2 Å². The first-order chi connectivity index (χ1) is 8.81. The van der Waals surface area contributed by atoms with E-state index >= 15 is 0 Å². The number of benzene rings is 1. The summed E-state index contributed by atoms with van der Waals surface area (Å²) in [5.41, 5.74) is 2.22. The third-order valence-electron chi connectivity index (χ3n) is 2.94. The van der Waals surface area contributed by atoms with E-state index in [2.05, 4.69) is 4.98 Å². The average molecular weight is 238 g/mol. The van der Waals surface area contributed by atoms with Gasteiger partial charge in [-0.3, -0.25) is 9.59 Å². The molecule has 0 saturated carbocycles. The van der Waals surface area contributed by atoms with Crippen LogP contribution in [0.4, 0.5) is 0 Å². The Balaban J connectivity index is 2.24. The van der Waals surface area contributed by atoms with Gasteiger partial charge in [0.05, 0.1) is 11.4 Å². The maximum atomic E-state index is 11.5. The first-order valence-corrected chi connectivity index (χ1v) is 5.54. The highest BCUT2D eigenvalue weighted by atomic mass is 16.2.